The van der Waals surface area contributed by atoms with E-state index >= 15 is 0 Å². The van der Waals surface area contributed by atoms with Gasteiger partial charge in [0.1, 0.15) is 5.76 Å². The highest BCUT2D eigenvalue weighted by Crippen LogP contribution is 2.15. The first-order valence-corrected chi connectivity index (χ1v) is 5.73. The van der Waals surface area contributed by atoms with Crippen molar-refractivity contribution >= 4 is 18.3 Å². The molecule has 0 spiro atoms. The van der Waals surface area contributed by atoms with E-state index in [2.05, 4.69) is 5.32 Å². The van der Waals surface area contributed by atoms with Crippen molar-refractivity contribution in [3.8, 4) is 0 Å². The van der Waals surface area contributed by atoms with E-state index in [4.69, 9.17) is 4.42 Å². The van der Waals surface area contributed by atoms with E-state index in [-0.39, 0.29) is 18.3 Å². The zero-order valence-corrected chi connectivity index (χ0v) is 11.0. The molecule has 1 saturated heterocycles. The lowest BCUT2D eigenvalue weighted by atomic mass is 10.1. The van der Waals surface area contributed by atoms with Gasteiger partial charge in [0.25, 0.3) is 5.91 Å². The highest BCUT2D eigenvalue weighted by atomic mass is 35.5. The van der Waals surface area contributed by atoms with Crippen LogP contribution in [-0.4, -0.2) is 37.0 Å². The number of piperidine rings is 1. The Morgan fingerprint density at radius 1 is 1.41 bits per heavy atom. The van der Waals surface area contributed by atoms with E-state index in [1.807, 2.05) is 20.0 Å². The average molecular weight is 259 g/mol. The number of carbonyl (C=O) groups is 1. The number of rotatable bonds is 2. The topological polar surface area (TPSA) is 45.5 Å². The third kappa shape index (κ3) is 3.23. The molecule has 1 aliphatic heterocycles. The number of carbonyl (C=O) groups excluding carboxylic acids is 1. The molecule has 0 bridgehead atoms. The van der Waals surface area contributed by atoms with Gasteiger partial charge in [0.15, 0.2) is 5.76 Å². The van der Waals surface area contributed by atoms with Gasteiger partial charge >= 0.3 is 0 Å². The molecule has 1 aromatic heterocycles. The zero-order valence-electron chi connectivity index (χ0n) is 10.2. The minimum Gasteiger partial charge on any atom is -0.456 e. The lowest BCUT2D eigenvalue weighted by molar-refractivity contribution is 0.0669. The van der Waals surface area contributed by atoms with Crippen LogP contribution in [0.25, 0.3) is 0 Å². The first-order valence-electron chi connectivity index (χ1n) is 5.73. The molecule has 0 atom stereocenters. The molecule has 2 rings (SSSR count). The number of halogens is 1. The summed E-state index contributed by atoms with van der Waals surface area (Å²) in [5.41, 5.74) is 0. The number of hydrogen-bond acceptors (Lipinski definition) is 3. The van der Waals surface area contributed by atoms with Crippen molar-refractivity contribution in [1.29, 1.82) is 0 Å². The second kappa shape index (κ2) is 6.07. The quantitative estimate of drug-likeness (QED) is 0.880. The summed E-state index contributed by atoms with van der Waals surface area (Å²) >= 11 is 0. The summed E-state index contributed by atoms with van der Waals surface area (Å²) in [5, 5.41) is 3.29. The molecule has 0 radical (unpaired) electrons. The summed E-state index contributed by atoms with van der Waals surface area (Å²) in [6.45, 7) is 3.82. The van der Waals surface area contributed by atoms with Crippen LogP contribution in [0.2, 0.25) is 0 Å². The Labute approximate surface area is 108 Å². The van der Waals surface area contributed by atoms with Crippen molar-refractivity contribution in [2.45, 2.75) is 25.8 Å². The van der Waals surface area contributed by atoms with Crippen LogP contribution < -0.4 is 5.32 Å². The molecule has 0 aliphatic carbocycles. The molecule has 2 heterocycles. The van der Waals surface area contributed by atoms with Crippen LogP contribution in [-0.2, 0) is 0 Å². The lowest BCUT2D eigenvalue weighted by Crippen LogP contribution is -2.43. The van der Waals surface area contributed by atoms with E-state index in [9.17, 15) is 4.79 Å². The van der Waals surface area contributed by atoms with Gasteiger partial charge in [-0.3, -0.25) is 4.79 Å². The van der Waals surface area contributed by atoms with E-state index in [1.54, 1.807) is 11.0 Å². The minimum absolute atomic E-state index is 0. The smallest absolute Gasteiger partial charge is 0.289 e. The third-order valence-electron chi connectivity index (χ3n) is 3.13. The Hall–Kier alpha value is -1.00. The van der Waals surface area contributed by atoms with Crippen molar-refractivity contribution in [2.75, 3.05) is 20.1 Å². The van der Waals surface area contributed by atoms with E-state index in [0.29, 0.717) is 11.8 Å². The minimum atomic E-state index is -0.0139. The highest BCUT2D eigenvalue weighted by Gasteiger charge is 2.24. The van der Waals surface area contributed by atoms with Crippen molar-refractivity contribution in [2.24, 2.45) is 0 Å². The second-order valence-corrected chi connectivity index (χ2v) is 4.31. The normalized spacial score (nSPS) is 16.4. The van der Waals surface area contributed by atoms with Crippen LogP contribution in [0.3, 0.4) is 0 Å². The Balaban J connectivity index is 0.00000144. The monoisotopic (exact) mass is 258 g/mol. The number of aryl methyl sites for hydroxylation is 1. The van der Waals surface area contributed by atoms with Gasteiger partial charge in [0.05, 0.1) is 0 Å². The van der Waals surface area contributed by atoms with E-state index in [1.165, 1.54) is 0 Å². The number of amides is 1. The fraction of sp³-hybridized carbons (Fsp3) is 0.583. The molecule has 0 saturated carbocycles. The van der Waals surface area contributed by atoms with Gasteiger partial charge in [0.2, 0.25) is 0 Å². The summed E-state index contributed by atoms with van der Waals surface area (Å²) in [6.07, 6.45) is 2.03. The first kappa shape index (κ1) is 14.1. The van der Waals surface area contributed by atoms with Gasteiger partial charge in [-0.05, 0) is 45.0 Å². The van der Waals surface area contributed by atoms with Gasteiger partial charge in [-0.25, -0.2) is 0 Å². The van der Waals surface area contributed by atoms with Crippen molar-refractivity contribution in [1.82, 2.24) is 10.2 Å². The van der Waals surface area contributed by atoms with Crippen molar-refractivity contribution < 1.29 is 9.21 Å². The van der Waals surface area contributed by atoms with Crippen LogP contribution in [0.15, 0.2) is 16.5 Å². The van der Waals surface area contributed by atoms with Gasteiger partial charge < -0.3 is 14.6 Å². The van der Waals surface area contributed by atoms with Crippen LogP contribution in [0.4, 0.5) is 0 Å². The summed E-state index contributed by atoms with van der Waals surface area (Å²) in [7, 11) is 1.86. The second-order valence-electron chi connectivity index (χ2n) is 4.31. The van der Waals surface area contributed by atoms with Crippen LogP contribution in [0.1, 0.15) is 29.2 Å². The van der Waals surface area contributed by atoms with Gasteiger partial charge in [0, 0.05) is 13.1 Å². The molecule has 1 aromatic rings. The molecular formula is C12H19ClN2O2. The molecule has 1 amide bonds. The largest absolute Gasteiger partial charge is 0.456 e. The Morgan fingerprint density at radius 2 is 2.06 bits per heavy atom. The lowest BCUT2D eigenvalue weighted by Gasteiger charge is -2.31. The molecule has 4 nitrogen and oxygen atoms in total. The fourth-order valence-electron chi connectivity index (χ4n) is 2.08. The van der Waals surface area contributed by atoms with Crippen molar-refractivity contribution in [3.05, 3.63) is 23.7 Å². The molecular weight excluding hydrogens is 240 g/mol. The summed E-state index contributed by atoms with van der Waals surface area (Å²) in [4.78, 5) is 13.9. The molecule has 0 aromatic carbocycles. The fourth-order valence-corrected chi connectivity index (χ4v) is 2.08. The number of hydrogen-bond donors (Lipinski definition) is 1. The molecule has 1 aliphatic rings. The molecule has 96 valence electrons. The molecule has 0 unspecified atom stereocenters. The summed E-state index contributed by atoms with van der Waals surface area (Å²) < 4.78 is 5.35. The van der Waals surface area contributed by atoms with Crippen molar-refractivity contribution in [3.63, 3.8) is 0 Å². The maximum absolute atomic E-state index is 12.1. The maximum Gasteiger partial charge on any atom is 0.289 e. The predicted octanol–water partition coefficient (Wildman–Crippen LogP) is 1.83. The Morgan fingerprint density at radius 3 is 2.59 bits per heavy atom. The molecule has 1 fully saturated rings. The molecule has 1 N–H and O–H groups in total. The number of nitrogens with one attached hydrogen (secondary N) is 1. The number of nitrogens with zero attached hydrogens (tertiary/aromatic N) is 1. The SMILES string of the molecule is Cc1ccc(C(=O)N(C)C2CCNCC2)o1.Cl. The van der Waals surface area contributed by atoms with Crippen LogP contribution in [0.5, 0.6) is 0 Å². The Bertz CT molecular complexity index is 372. The number of furan rings is 1. The van der Waals surface area contributed by atoms with Gasteiger partial charge in [-0.2, -0.15) is 0 Å². The highest BCUT2D eigenvalue weighted by molar-refractivity contribution is 5.91. The summed E-state index contributed by atoms with van der Waals surface area (Å²) in [6, 6.07) is 3.90. The van der Waals surface area contributed by atoms with Gasteiger partial charge in [-0.1, -0.05) is 0 Å². The third-order valence-corrected chi connectivity index (χ3v) is 3.13. The van der Waals surface area contributed by atoms with Crippen LogP contribution >= 0.6 is 12.4 Å². The molecule has 5 heteroatoms. The first-order chi connectivity index (χ1) is 7.68. The summed E-state index contributed by atoms with van der Waals surface area (Å²) in [5.74, 6) is 1.21. The van der Waals surface area contributed by atoms with Crippen LogP contribution in [0, 0.1) is 6.92 Å². The standard InChI is InChI=1S/C12H18N2O2.ClH/c1-9-3-4-11(16-9)12(15)14(2)10-5-7-13-8-6-10;/h3-4,10,13H,5-8H2,1-2H3;1H. The molecule has 17 heavy (non-hydrogen) atoms. The predicted molar refractivity (Wildman–Crippen MR) is 68.7 cm³/mol. The maximum atomic E-state index is 12.1. The van der Waals surface area contributed by atoms with E-state index < -0.39 is 0 Å². The average Bonchev–Trinajstić information content (AvgIpc) is 2.75. The zero-order chi connectivity index (χ0) is 11.5. The van der Waals surface area contributed by atoms with Gasteiger partial charge in [-0.15, -0.1) is 12.4 Å². The Kier molecular flexibility index (Phi) is 5.02. The van der Waals surface area contributed by atoms with E-state index in [0.717, 1.165) is 31.7 Å².